The Morgan fingerprint density at radius 3 is 2.53 bits per heavy atom. The molecule has 0 aliphatic heterocycles. The number of para-hydroxylation sites is 2. The van der Waals surface area contributed by atoms with E-state index < -0.39 is 0 Å². The third-order valence-corrected chi connectivity index (χ3v) is 3.22. The first-order valence-corrected chi connectivity index (χ1v) is 6.21. The van der Waals surface area contributed by atoms with Gasteiger partial charge in [0.25, 0.3) is 0 Å². The van der Waals surface area contributed by atoms with Gasteiger partial charge in [-0.05, 0) is 30.2 Å². The highest BCUT2D eigenvalue weighted by Gasteiger charge is 2.06. The van der Waals surface area contributed by atoms with Crippen LogP contribution in [-0.4, -0.2) is 9.78 Å². The lowest BCUT2D eigenvalue weighted by Gasteiger charge is -2.04. The van der Waals surface area contributed by atoms with Crippen LogP contribution in [0, 0.1) is 6.92 Å². The Morgan fingerprint density at radius 1 is 1.00 bits per heavy atom. The Labute approximate surface area is 112 Å². The highest BCUT2D eigenvalue weighted by molar-refractivity contribution is 5.67. The molecular weight excluding hydrogens is 234 g/mol. The summed E-state index contributed by atoms with van der Waals surface area (Å²) in [5.41, 5.74) is 11.1. The summed E-state index contributed by atoms with van der Waals surface area (Å²) in [6, 6.07) is 16.0. The van der Waals surface area contributed by atoms with Crippen LogP contribution in [0.3, 0.4) is 0 Å². The molecule has 0 unspecified atom stereocenters. The van der Waals surface area contributed by atoms with Gasteiger partial charge in [0.1, 0.15) is 0 Å². The van der Waals surface area contributed by atoms with Crippen LogP contribution in [0.15, 0.2) is 60.9 Å². The van der Waals surface area contributed by atoms with Crippen LogP contribution in [-0.2, 0) is 0 Å². The zero-order valence-corrected chi connectivity index (χ0v) is 10.7. The van der Waals surface area contributed by atoms with Crippen molar-refractivity contribution in [1.29, 1.82) is 0 Å². The molecule has 0 bridgehead atoms. The number of nitrogens with zero attached hydrogens (tertiary/aromatic N) is 2. The van der Waals surface area contributed by atoms with Crippen LogP contribution in [0.25, 0.3) is 16.8 Å². The molecular formula is C16H15N3. The lowest BCUT2D eigenvalue weighted by Crippen LogP contribution is -1.99. The zero-order chi connectivity index (χ0) is 13.2. The molecule has 0 saturated carbocycles. The van der Waals surface area contributed by atoms with Gasteiger partial charge < -0.3 is 5.73 Å². The van der Waals surface area contributed by atoms with Crippen molar-refractivity contribution < 1.29 is 0 Å². The molecule has 3 aromatic rings. The summed E-state index contributed by atoms with van der Waals surface area (Å²) in [6.07, 6.45) is 3.88. The lowest BCUT2D eigenvalue weighted by atomic mass is 10.0. The van der Waals surface area contributed by atoms with Crippen molar-refractivity contribution in [2.24, 2.45) is 0 Å². The quantitative estimate of drug-likeness (QED) is 0.707. The van der Waals surface area contributed by atoms with Gasteiger partial charge in [0.05, 0.1) is 17.6 Å². The van der Waals surface area contributed by atoms with E-state index in [9.17, 15) is 0 Å². The minimum Gasteiger partial charge on any atom is -0.397 e. The summed E-state index contributed by atoms with van der Waals surface area (Å²) >= 11 is 0. The second kappa shape index (κ2) is 4.61. The minimum absolute atomic E-state index is 0.724. The third kappa shape index (κ3) is 2.10. The van der Waals surface area contributed by atoms with Gasteiger partial charge in [-0.3, -0.25) is 0 Å². The normalized spacial score (nSPS) is 10.6. The SMILES string of the molecule is Cc1ccccc1-c1cnn(-c2ccccc2N)c1. The van der Waals surface area contributed by atoms with Gasteiger partial charge in [0.2, 0.25) is 0 Å². The Balaban J connectivity index is 2.06. The fraction of sp³-hybridized carbons (Fsp3) is 0.0625. The average Bonchev–Trinajstić information content (AvgIpc) is 2.89. The van der Waals surface area contributed by atoms with Gasteiger partial charge in [0.15, 0.2) is 0 Å². The summed E-state index contributed by atoms with van der Waals surface area (Å²) in [4.78, 5) is 0. The molecule has 19 heavy (non-hydrogen) atoms. The van der Waals surface area contributed by atoms with Crippen LogP contribution in [0.1, 0.15) is 5.56 Å². The highest BCUT2D eigenvalue weighted by atomic mass is 15.3. The molecule has 3 heteroatoms. The number of hydrogen-bond acceptors (Lipinski definition) is 2. The van der Waals surface area contributed by atoms with Crippen molar-refractivity contribution in [3.8, 4) is 16.8 Å². The number of aromatic nitrogens is 2. The number of benzene rings is 2. The number of anilines is 1. The predicted octanol–water partition coefficient (Wildman–Crippen LogP) is 3.43. The number of nitrogen functional groups attached to an aromatic ring is 1. The number of aryl methyl sites for hydroxylation is 1. The first-order chi connectivity index (χ1) is 9.25. The number of rotatable bonds is 2. The van der Waals surface area contributed by atoms with Crippen molar-refractivity contribution in [1.82, 2.24) is 9.78 Å². The smallest absolute Gasteiger partial charge is 0.0875 e. The third-order valence-electron chi connectivity index (χ3n) is 3.22. The molecule has 0 radical (unpaired) electrons. The first kappa shape index (κ1) is 11.5. The largest absolute Gasteiger partial charge is 0.397 e. The summed E-state index contributed by atoms with van der Waals surface area (Å²) in [6.45, 7) is 2.10. The Morgan fingerprint density at radius 2 is 1.74 bits per heavy atom. The summed E-state index contributed by atoms with van der Waals surface area (Å²) < 4.78 is 1.82. The van der Waals surface area contributed by atoms with Gasteiger partial charge in [0, 0.05) is 11.8 Å². The van der Waals surface area contributed by atoms with Crippen LogP contribution >= 0.6 is 0 Å². The Kier molecular flexibility index (Phi) is 2.80. The Hall–Kier alpha value is -2.55. The maximum atomic E-state index is 5.97. The second-order valence-corrected chi connectivity index (χ2v) is 4.55. The fourth-order valence-corrected chi connectivity index (χ4v) is 2.19. The number of hydrogen-bond donors (Lipinski definition) is 1. The molecule has 1 aromatic heterocycles. The molecule has 2 N–H and O–H groups in total. The highest BCUT2D eigenvalue weighted by Crippen LogP contribution is 2.24. The number of nitrogens with two attached hydrogens (primary N) is 1. The van der Waals surface area contributed by atoms with E-state index in [2.05, 4.69) is 24.2 Å². The fourth-order valence-electron chi connectivity index (χ4n) is 2.19. The summed E-state index contributed by atoms with van der Waals surface area (Å²) in [5, 5.41) is 4.40. The van der Waals surface area contributed by atoms with Crippen LogP contribution in [0.4, 0.5) is 5.69 Å². The topological polar surface area (TPSA) is 43.8 Å². The lowest BCUT2D eigenvalue weighted by molar-refractivity contribution is 0.883. The van der Waals surface area contributed by atoms with E-state index in [0.29, 0.717) is 0 Å². The van der Waals surface area contributed by atoms with Crippen molar-refractivity contribution in [2.45, 2.75) is 6.92 Å². The van der Waals surface area contributed by atoms with Gasteiger partial charge in [-0.25, -0.2) is 4.68 Å². The van der Waals surface area contributed by atoms with Crippen molar-refractivity contribution in [2.75, 3.05) is 5.73 Å². The van der Waals surface area contributed by atoms with Crippen LogP contribution in [0.5, 0.6) is 0 Å². The van der Waals surface area contributed by atoms with Gasteiger partial charge in [-0.1, -0.05) is 36.4 Å². The summed E-state index contributed by atoms with van der Waals surface area (Å²) in [7, 11) is 0. The molecule has 2 aromatic carbocycles. The minimum atomic E-state index is 0.724. The van der Waals surface area contributed by atoms with E-state index >= 15 is 0 Å². The van der Waals surface area contributed by atoms with Gasteiger partial charge >= 0.3 is 0 Å². The summed E-state index contributed by atoms with van der Waals surface area (Å²) in [5.74, 6) is 0. The molecule has 0 spiro atoms. The van der Waals surface area contributed by atoms with Crippen molar-refractivity contribution >= 4 is 5.69 Å². The zero-order valence-electron chi connectivity index (χ0n) is 10.7. The van der Waals surface area contributed by atoms with E-state index in [1.54, 1.807) is 0 Å². The molecule has 0 amide bonds. The Bertz CT molecular complexity index is 653. The molecule has 3 nitrogen and oxygen atoms in total. The molecule has 0 saturated heterocycles. The van der Waals surface area contributed by atoms with Crippen LogP contribution < -0.4 is 5.73 Å². The average molecular weight is 249 g/mol. The maximum Gasteiger partial charge on any atom is 0.0875 e. The molecule has 94 valence electrons. The molecule has 3 rings (SSSR count). The van der Waals surface area contributed by atoms with Crippen LogP contribution in [0.2, 0.25) is 0 Å². The van der Waals surface area contributed by atoms with E-state index in [0.717, 1.165) is 16.9 Å². The van der Waals surface area contributed by atoms with Crippen molar-refractivity contribution in [3.63, 3.8) is 0 Å². The van der Waals surface area contributed by atoms with E-state index in [-0.39, 0.29) is 0 Å². The monoisotopic (exact) mass is 249 g/mol. The maximum absolute atomic E-state index is 5.97. The standard InChI is InChI=1S/C16H15N3/c1-12-6-2-3-7-14(12)13-10-18-19(11-13)16-9-5-4-8-15(16)17/h2-11H,17H2,1H3. The molecule has 0 atom stereocenters. The van der Waals surface area contributed by atoms with E-state index in [4.69, 9.17) is 5.73 Å². The van der Waals surface area contributed by atoms with Crippen molar-refractivity contribution in [3.05, 3.63) is 66.5 Å². The van der Waals surface area contributed by atoms with Gasteiger partial charge in [-0.2, -0.15) is 5.10 Å². The molecule has 1 heterocycles. The molecule has 0 aliphatic carbocycles. The van der Waals surface area contributed by atoms with E-state index in [1.807, 2.05) is 53.5 Å². The first-order valence-electron chi connectivity index (χ1n) is 6.21. The van der Waals surface area contributed by atoms with E-state index in [1.165, 1.54) is 11.1 Å². The predicted molar refractivity (Wildman–Crippen MR) is 78.1 cm³/mol. The van der Waals surface area contributed by atoms with Gasteiger partial charge in [-0.15, -0.1) is 0 Å². The molecule has 0 fully saturated rings. The molecule has 0 aliphatic rings. The second-order valence-electron chi connectivity index (χ2n) is 4.55.